The molecule has 1 aromatic carbocycles. The molecule has 5 nitrogen and oxygen atoms in total. The van der Waals surface area contributed by atoms with Gasteiger partial charge in [0.25, 0.3) is 5.91 Å². The number of carbonyl (C=O) groups is 2. The lowest BCUT2D eigenvalue weighted by molar-refractivity contribution is -0.143. The lowest BCUT2D eigenvalue weighted by Gasteiger charge is -2.42. The van der Waals surface area contributed by atoms with Gasteiger partial charge >= 0.3 is 5.97 Å². The molecule has 1 spiro atoms. The zero-order valence-electron chi connectivity index (χ0n) is 13.3. The van der Waals surface area contributed by atoms with Crippen LogP contribution in [0.5, 0.6) is 0 Å². The van der Waals surface area contributed by atoms with Crippen LogP contribution in [-0.2, 0) is 9.53 Å². The number of ether oxygens (including phenoxy) is 1. The Morgan fingerprint density at radius 2 is 2.04 bits per heavy atom. The summed E-state index contributed by atoms with van der Waals surface area (Å²) in [7, 11) is 0. The van der Waals surface area contributed by atoms with Crippen LogP contribution in [0.15, 0.2) is 18.2 Å². The van der Waals surface area contributed by atoms with Crippen LogP contribution in [0.1, 0.15) is 43.0 Å². The second-order valence-corrected chi connectivity index (χ2v) is 7.03. The van der Waals surface area contributed by atoms with Crippen LogP contribution in [0.3, 0.4) is 0 Å². The first-order chi connectivity index (χ1) is 11.3. The van der Waals surface area contributed by atoms with Gasteiger partial charge in [-0.2, -0.15) is 0 Å². The van der Waals surface area contributed by atoms with Crippen molar-refractivity contribution in [3.63, 3.8) is 0 Å². The summed E-state index contributed by atoms with van der Waals surface area (Å²) >= 11 is 5.73. The number of halogens is 2. The fraction of sp³-hybridized carbons (Fsp3) is 0.529. The van der Waals surface area contributed by atoms with Gasteiger partial charge in [0, 0.05) is 5.02 Å². The number of hydrogen-bond donors (Lipinski definition) is 1. The molecule has 0 bridgehead atoms. The van der Waals surface area contributed by atoms with Crippen molar-refractivity contribution in [2.45, 2.75) is 44.4 Å². The molecular weight excluding hydrogens is 337 g/mol. The highest BCUT2D eigenvalue weighted by Crippen LogP contribution is 2.43. The van der Waals surface area contributed by atoms with E-state index in [0.717, 1.165) is 18.9 Å². The highest BCUT2D eigenvalue weighted by Gasteiger charge is 2.54. The Hall–Kier alpha value is -1.66. The predicted molar refractivity (Wildman–Crippen MR) is 85.3 cm³/mol. The smallest absolute Gasteiger partial charge is 0.328 e. The molecule has 130 valence electrons. The number of rotatable bonds is 2. The lowest BCUT2D eigenvalue weighted by atomic mass is 9.83. The van der Waals surface area contributed by atoms with Gasteiger partial charge in [-0.05, 0) is 49.8 Å². The summed E-state index contributed by atoms with van der Waals surface area (Å²) in [6.07, 6.45) is 2.77. The topological polar surface area (TPSA) is 66.8 Å². The predicted octanol–water partition coefficient (Wildman–Crippen LogP) is 3.31. The molecule has 0 radical (unpaired) electrons. The van der Waals surface area contributed by atoms with E-state index in [4.69, 9.17) is 16.3 Å². The first-order valence-electron chi connectivity index (χ1n) is 7.99. The molecule has 1 aromatic rings. The molecule has 3 rings (SSSR count). The van der Waals surface area contributed by atoms with Crippen molar-refractivity contribution in [2.24, 2.45) is 5.92 Å². The van der Waals surface area contributed by atoms with Crippen molar-refractivity contribution in [3.8, 4) is 0 Å². The van der Waals surface area contributed by atoms with Crippen molar-refractivity contribution < 1.29 is 23.8 Å². The van der Waals surface area contributed by atoms with Gasteiger partial charge in [-0.15, -0.1) is 0 Å². The van der Waals surface area contributed by atoms with Gasteiger partial charge in [0.05, 0.1) is 12.2 Å². The molecule has 1 saturated heterocycles. The molecule has 1 amide bonds. The molecule has 1 heterocycles. The summed E-state index contributed by atoms with van der Waals surface area (Å²) in [5, 5.41) is 9.65. The number of nitrogens with zero attached hydrogens (tertiary/aromatic N) is 1. The Bertz CT molecular complexity index is 673. The third kappa shape index (κ3) is 2.89. The third-order valence-electron chi connectivity index (χ3n) is 4.98. The molecule has 2 aliphatic rings. The summed E-state index contributed by atoms with van der Waals surface area (Å²) < 4.78 is 20.0. The first-order valence-corrected chi connectivity index (χ1v) is 8.37. The normalized spacial score (nSPS) is 29.9. The minimum atomic E-state index is -1.15. The molecule has 1 aliphatic heterocycles. The number of aliphatic carboxylic acids is 1. The molecule has 7 heteroatoms. The lowest BCUT2D eigenvalue weighted by Crippen LogP contribution is -2.55. The average molecular weight is 356 g/mol. The van der Waals surface area contributed by atoms with Crippen molar-refractivity contribution in [3.05, 3.63) is 34.6 Å². The van der Waals surface area contributed by atoms with Crippen LogP contribution in [0.4, 0.5) is 4.39 Å². The number of carboxylic acids is 1. The number of carboxylic acid groups (broad SMARTS) is 1. The fourth-order valence-electron chi connectivity index (χ4n) is 3.56. The average Bonchev–Trinajstić information content (AvgIpc) is 2.89. The molecule has 24 heavy (non-hydrogen) atoms. The van der Waals surface area contributed by atoms with Gasteiger partial charge in [0.15, 0.2) is 6.04 Å². The maximum absolute atomic E-state index is 14.2. The van der Waals surface area contributed by atoms with Gasteiger partial charge in [0.2, 0.25) is 0 Å². The first kappa shape index (κ1) is 17.2. The Morgan fingerprint density at radius 3 is 2.62 bits per heavy atom. The molecule has 1 aliphatic carbocycles. The number of hydrogen-bond acceptors (Lipinski definition) is 3. The Kier molecular flexibility index (Phi) is 4.53. The van der Waals surface area contributed by atoms with E-state index in [1.165, 1.54) is 17.0 Å². The number of amides is 1. The fourth-order valence-corrected chi connectivity index (χ4v) is 3.72. The highest BCUT2D eigenvalue weighted by molar-refractivity contribution is 6.30. The van der Waals surface area contributed by atoms with Crippen LogP contribution >= 0.6 is 11.6 Å². The van der Waals surface area contributed by atoms with Gasteiger partial charge in [-0.1, -0.05) is 18.5 Å². The highest BCUT2D eigenvalue weighted by atomic mass is 35.5. The van der Waals surface area contributed by atoms with Crippen LogP contribution in [-0.4, -0.2) is 40.3 Å². The summed E-state index contributed by atoms with van der Waals surface area (Å²) in [5.74, 6) is -2.08. The van der Waals surface area contributed by atoms with Crippen molar-refractivity contribution in [2.75, 3.05) is 6.61 Å². The zero-order chi connectivity index (χ0) is 17.5. The van der Waals surface area contributed by atoms with E-state index in [0.29, 0.717) is 18.8 Å². The standard InChI is InChI=1S/C17H19ClFNO4/c1-10-4-6-17(7-5-10)20(14(9-24-17)16(22)23)15(21)12-3-2-11(18)8-13(12)19/h2-3,8,10,14H,4-7,9H2,1H3,(H,22,23). The van der Waals surface area contributed by atoms with E-state index in [1.807, 2.05) is 0 Å². The summed E-state index contributed by atoms with van der Waals surface area (Å²) in [4.78, 5) is 25.8. The second kappa shape index (κ2) is 6.33. The SMILES string of the molecule is CC1CCC2(CC1)OCC(C(=O)O)N2C(=O)c1ccc(Cl)cc1F. The number of benzene rings is 1. The summed E-state index contributed by atoms with van der Waals surface area (Å²) in [6, 6.07) is 2.65. The maximum Gasteiger partial charge on any atom is 0.328 e. The van der Waals surface area contributed by atoms with E-state index < -0.39 is 29.5 Å². The van der Waals surface area contributed by atoms with E-state index in [-0.39, 0.29) is 17.2 Å². The maximum atomic E-state index is 14.2. The minimum absolute atomic E-state index is 0.0787. The molecule has 1 atom stereocenters. The van der Waals surface area contributed by atoms with E-state index in [1.54, 1.807) is 0 Å². The molecule has 1 N–H and O–H groups in total. The van der Waals surface area contributed by atoms with Crippen LogP contribution in [0.2, 0.25) is 5.02 Å². The molecule has 2 fully saturated rings. The van der Waals surface area contributed by atoms with Crippen molar-refractivity contribution >= 4 is 23.5 Å². The Labute approximate surface area is 144 Å². The van der Waals surface area contributed by atoms with Crippen LogP contribution in [0, 0.1) is 11.7 Å². The van der Waals surface area contributed by atoms with Gasteiger partial charge in [0.1, 0.15) is 11.5 Å². The summed E-state index contributed by atoms with van der Waals surface area (Å²) in [6.45, 7) is 2.03. The Balaban J connectivity index is 1.98. The monoisotopic (exact) mass is 355 g/mol. The van der Waals surface area contributed by atoms with Crippen LogP contribution < -0.4 is 0 Å². The van der Waals surface area contributed by atoms with E-state index in [2.05, 4.69) is 6.92 Å². The minimum Gasteiger partial charge on any atom is -0.480 e. The van der Waals surface area contributed by atoms with Crippen molar-refractivity contribution in [1.82, 2.24) is 4.90 Å². The van der Waals surface area contributed by atoms with Gasteiger partial charge in [-0.3, -0.25) is 9.69 Å². The molecule has 1 unspecified atom stereocenters. The Morgan fingerprint density at radius 1 is 1.38 bits per heavy atom. The quantitative estimate of drug-likeness (QED) is 0.883. The third-order valence-corrected chi connectivity index (χ3v) is 5.22. The van der Waals surface area contributed by atoms with Gasteiger partial charge < -0.3 is 9.84 Å². The van der Waals surface area contributed by atoms with E-state index in [9.17, 15) is 19.1 Å². The molecule has 0 aromatic heterocycles. The number of carbonyl (C=O) groups excluding carboxylic acids is 1. The second-order valence-electron chi connectivity index (χ2n) is 6.59. The van der Waals surface area contributed by atoms with E-state index >= 15 is 0 Å². The molecule has 1 saturated carbocycles. The largest absolute Gasteiger partial charge is 0.480 e. The van der Waals surface area contributed by atoms with Crippen LogP contribution in [0.25, 0.3) is 0 Å². The van der Waals surface area contributed by atoms with Gasteiger partial charge in [-0.25, -0.2) is 9.18 Å². The molecular formula is C17H19ClFNO4. The zero-order valence-corrected chi connectivity index (χ0v) is 14.1. The van der Waals surface area contributed by atoms with Crippen molar-refractivity contribution in [1.29, 1.82) is 0 Å². The summed E-state index contributed by atoms with van der Waals surface area (Å²) in [5.41, 5.74) is -1.15.